The van der Waals surface area contributed by atoms with Gasteiger partial charge in [0.2, 0.25) is 23.6 Å². The van der Waals surface area contributed by atoms with Crippen molar-refractivity contribution in [2.24, 2.45) is 23.7 Å². The number of halogens is 1. The Hall–Kier alpha value is -5.26. The van der Waals surface area contributed by atoms with E-state index in [0.29, 0.717) is 39.6 Å². The highest BCUT2D eigenvalue weighted by Gasteiger charge is 2.51. The van der Waals surface area contributed by atoms with Gasteiger partial charge in [0, 0.05) is 74.2 Å². The molecule has 3 aliphatic heterocycles. The molecule has 0 saturated carbocycles. The molecule has 21 heteroatoms. The van der Waals surface area contributed by atoms with E-state index in [4.69, 9.17) is 40.0 Å². The number of anilines is 1. The summed E-state index contributed by atoms with van der Waals surface area (Å²) >= 11 is 6.52. The lowest BCUT2D eigenvalue weighted by Gasteiger charge is -2.49. The van der Waals surface area contributed by atoms with Gasteiger partial charge in [-0.05, 0) is 126 Å². The third-order valence-corrected chi connectivity index (χ3v) is 17.1. The van der Waals surface area contributed by atoms with Crippen molar-refractivity contribution >= 4 is 46.8 Å². The van der Waals surface area contributed by atoms with Crippen LogP contribution in [-0.4, -0.2) is 181 Å². The van der Waals surface area contributed by atoms with Crippen LogP contribution >= 0.6 is 11.6 Å². The van der Waals surface area contributed by atoms with E-state index >= 15 is 0 Å². The van der Waals surface area contributed by atoms with Crippen molar-refractivity contribution < 1.29 is 67.7 Å². The van der Waals surface area contributed by atoms with Gasteiger partial charge in [0.05, 0.1) is 48.6 Å². The number of carbonyl (C=O) groups is 5. The highest BCUT2D eigenvalue weighted by Crippen LogP contribution is 2.39. The summed E-state index contributed by atoms with van der Waals surface area (Å²) in [5, 5.41) is 48.2. The molecule has 0 aromatic heterocycles. The van der Waals surface area contributed by atoms with Gasteiger partial charge in [0.15, 0.2) is 12.6 Å². The van der Waals surface area contributed by atoms with Crippen molar-refractivity contribution in [2.75, 3.05) is 47.2 Å². The van der Waals surface area contributed by atoms with Crippen LogP contribution in [0.2, 0.25) is 5.02 Å². The Kier molecular flexibility index (Phi) is 23.5. The zero-order valence-electron chi connectivity index (χ0n) is 50.7. The second-order valence-electron chi connectivity index (χ2n) is 24.3. The molecule has 0 unspecified atom stereocenters. The van der Waals surface area contributed by atoms with E-state index in [2.05, 4.69) is 21.3 Å². The zero-order valence-corrected chi connectivity index (χ0v) is 51.5. The first-order valence-electron chi connectivity index (χ1n) is 28.9. The minimum atomic E-state index is -1.71. The molecular weight excluding hydrogens is 1090 g/mol. The molecule has 83 heavy (non-hydrogen) atoms. The third-order valence-electron chi connectivity index (χ3n) is 16.7. The Morgan fingerprint density at radius 1 is 0.892 bits per heavy atom. The fourth-order valence-electron chi connectivity index (χ4n) is 11.8. The molecule has 3 aromatic rings. The maximum Gasteiger partial charge on any atom is 0.251 e. The zero-order chi connectivity index (χ0) is 61.2. The highest BCUT2D eigenvalue weighted by atomic mass is 35.5. The van der Waals surface area contributed by atoms with Crippen molar-refractivity contribution in [3.05, 3.63) is 94.5 Å². The quantitative estimate of drug-likeness (QED) is 0.0934. The van der Waals surface area contributed by atoms with Crippen LogP contribution in [0.15, 0.2) is 72.8 Å². The first-order chi connectivity index (χ1) is 39.0. The van der Waals surface area contributed by atoms with Gasteiger partial charge in [-0.1, -0.05) is 76.6 Å². The number of likely N-dealkylation sites (N-methyl/N-ethyl adjacent to an activating group) is 1. The first kappa shape index (κ1) is 66.9. The minimum absolute atomic E-state index is 0.0742. The first-order valence-corrected chi connectivity index (χ1v) is 29.3. The molecule has 3 aliphatic rings. The van der Waals surface area contributed by atoms with Gasteiger partial charge >= 0.3 is 0 Å². The minimum Gasteiger partial charge on any atom is -0.497 e. The summed E-state index contributed by atoms with van der Waals surface area (Å²) in [4.78, 5) is 75.0. The highest BCUT2D eigenvalue weighted by molar-refractivity contribution is 6.31. The summed E-state index contributed by atoms with van der Waals surface area (Å²) in [6.07, 6.45) is -6.88. The molecule has 0 aliphatic carbocycles. The lowest BCUT2D eigenvalue weighted by atomic mass is 9.77. The number of benzene rings is 3. The third kappa shape index (κ3) is 17.4. The second-order valence-corrected chi connectivity index (χ2v) is 24.7. The average molecular weight is 1180 g/mol. The normalized spacial score (nSPS) is 33.0. The number of aliphatic hydroxyl groups is 3. The van der Waals surface area contributed by atoms with Gasteiger partial charge in [-0.3, -0.25) is 24.0 Å². The Labute approximate surface area is 494 Å². The summed E-state index contributed by atoms with van der Waals surface area (Å²) in [6, 6.07) is 17.3. The Morgan fingerprint density at radius 3 is 2.17 bits per heavy atom. The van der Waals surface area contributed by atoms with Crippen LogP contribution in [0.3, 0.4) is 0 Å². The summed E-state index contributed by atoms with van der Waals surface area (Å²) < 4.78 is 37.3. The average Bonchev–Trinajstić information content (AvgIpc) is 3.66. The van der Waals surface area contributed by atoms with Gasteiger partial charge < -0.3 is 74.8 Å². The van der Waals surface area contributed by atoms with E-state index in [-0.39, 0.29) is 62.6 Å². The van der Waals surface area contributed by atoms with Crippen LogP contribution in [0.4, 0.5) is 5.69 Å². The molecule has 20 nitrogen and oxygen atoms in total. The number of aliphatic hydroxyl groups excluding tert-OH is 2. The number of methoxy groups -OCH3 is 2. The van der Waals surface area contributed by atoms with Gasteiger partial charge in [-0.15, -0.1) is 0 Å². The van der Waals surface area contributed by atoms with Crippen molar-refractivity contribution in [3.63, 3.8) is 0 Å². The van der Waals surface area contributed by atoms with Crippen molar-refractivity contribution in [1.82, 2.24) is 25.8 Å². The van der Waals surface area contributed by atoms with E-state index < -0.39 is 114 Å². The molecule has 460 valence electrons. The number of rotatable bonds is 16. The smallest absolute Gasteiger partial charge is 0.251 e. The molecule has 3 fully saturated rings. The number of nitrogens with zero attached hydrogens (tertiary/aromatic N) is 2. The summed E-state index contributed by atoms with van der Waals surface area (Å²) in [7, 11) is 8.41. The molecule has 3 aromatic carbocycles. The van der Waals surface area contributed by atoms with E-state index in [1.165, 1.54) is 14.2 Å². The molecule has 7 N–H and O–H groups in total. The van der Waals surface area contributed by atoms with Crippen LogP contribution in [0.5, 0.6) is 5.75 Å². The Bertz CT molecular complexity index is 2650. The number of hydrogen-bond acceptors (Lipinski definition) is 15. The lowest BCUT2D eigenvalue weighted by Crippen LogP contribution is -2.61. The lowest BCUT2D eigenvalue weighted by molar-refractivity contribution is -0.317. The molecule has 17 atom stereocenters. The van der Waals surface area contributed by atoms with Crippen LogP contribution < -0.4 is 26.0 Å². The second kappa shape index (κ2) is 29.2. The van der Waals surface area contributed by atoms with Gasteiger partial charge in [-0.25, -0.2) is 0 Å². The van der Waals surface area contributed by atoms with E-state index in [0.717, 1.165) is 0 Å². The Balaban J connectivity index is 1.29. The number of nitrogens with one attached hydrogen (secondary N) is 4. The summed E-state index contributed by atoms with van der Waals surface area (Å²) in [5.41, 5.74) is -0.682. The molecular formula is C62H91ClN6O14. The maximum atomic E-state index is 14.9. The molecule has 0 radical (unpaired) electrons. The topological polar surface area (TPSA) is 256 Å². The van der Waals surface area contributed by atoms with Gasteiger partial charge in [-0.2, -0.15) is 0 Å². The predicted molar refractivity (Wildman–Crippen MR) is 314 cm³/mol. The SMILES string of the molecule is COc1ccc(C(=O)N[C@@H](Cc2ccccc2Cl)C(=O)Nc2ccc(C[C@@H]3CC(=O)N(C)C[C@H](C)C[C@@](C)(O)[C@H](O[C@@H]4O[C@H](C)C[C@H](N(C)C)[C@H]4O)[C@@H](C)[C@H](O[C@H]4C[C@@](C)(OC)[C@@H](O)[C@H](C)O4)[C@@H](C)C(=O)N[C@@H](C(C)C)C(=O)N3)cc2)cc1. The van der Waals surface area contributed by atoms with Crippen LogP contribution in [0.25, 0.3) is 0 Å². The molecule has 0 bridgehead atoms. The standard InChI is InChI=1S/C62H91ClN6O14/c1-34(2)51-59(76)65-44(28-40-19-23-43(24-20-40)64-58(75)47(29-42-17-15-16-18-46(42)63)66-57(74)41-21-25-45(78-13)26-22-41)30-49(70)69(12)33-35(3)31-61(8,77)55(83-60-52(71)48(68(10)11)27-36(4)80-60)37(5)53(38(6)56(73)67-51)82-50-32-62(9,79-14)54(72)39(7)81-50/h15-26,34-39,44,47-48,50-55,60,71-72,77H,27-33H2,1-14H3,(H,64,75)(H,65,76)(H,66,74)(H,67,73)/t35-,36-,37+,38-,39+,44-,47+,48+,50+,51+,52-,53+,54+,55-,60+,61-,62-/m1/s1. The molecule has 5 amide bonds. The Morgan fingerprint density at radius 2 is 1.55 bits per heavy atom. The molecule has 3 saturated heterocycles. The van der Waals surface area contributed by atoms with Crippen molar-refractivity contribution in [1.29, 1.82) is 0 Å². The summed E-state index contributed by atoms with van der Waals surface area (Å²) in [6.45, 7) is 16.1. The molecule has 6 rings (SSSR count). The largest absolute Gasteiger partial charge is 0.497 e. The van der Waals surface area contributed by atoms with E-state index in [1.807, 2.05) is 32.8 Å². The molecule has 0 spiro atoms. The fourth-order valence-corrected chi connectivity index (χ4v) is 12.1. The number of hydrogen-bond donors (Lipinski definition) is 7. The van der Waals surface area contributed by atoms with Crippen LogP contribution in [0, 0.1) is 23.7 Å². The van der Waals surface area contributed by atoms with Crippen molar-refractivity contribution in [3.8, 4) is 5.75 Å². The number of carbonyl (C=O) groups excluding carboxylic acids is 5. The maximum absolute atomic E-state index is 14.9. The predicted octanol–water partition coefficient (Wildman–Crippen LogP) is 5.51. The van der Waals surface area contributed by atoms with Crippen LogP contribution in [-0.2, 0) is 55.7 Å². The summed E-state index contributed by atoms with van der Waals surface area (Å²) in [5.74, 6) is -4.47. The monoisotopic (exact) mass is 1180 g/mol. The fraction of sp³-hybridized carbons (Fsp3) is 0.629. The van der Waals surface area contributed by atoms with Crippen molar-refractivity contribution in [2.45, 2.75) is 185 Å². The van der Waals surface area contributed by atoms with Gasteiger partial charge in [0.25, 0.3) is 5.91 Å². The van der Waals surface area contributed by atoms with E-state index in [1.54, 1.807) is 133 Å². The number of ether oxygens (including phenoxy) is 6. The van der Waals surface area contributed by atoms with Crippen LogP contribution in [0.1, 0.15) is 109 Å². The molecule has 3 heterocycles. The van der Waals surface area contributed by atoms with Gasteiger partial charge in [0.1, 0.15) is 30.0 Å². The number of amides is 5. The van der Waals surface area contributed by atoms with E-state index in [9.17, 15) is 39.3 Å².